The van der Waals surface area contributed by atoms with Crippen LogP contribution in [0.3, 0.4) is 0 Å². The summed E-state index contributed by atoms with van der Waals surface area (Å²) in [4.78, 5) is 26.0. The molecule has 0 radical (unpaired) electrons. The molecule has 0 bridgehead atoms. The topological polar surface area (TPSA) is 70.7 Å². The Morgan fingerprint density at radius 2 is 1.67 bits per heavy atom. The lowest BCUT2D eigenvalue weighted by molar-refractivity contribution is -0.122. The van der Waals surface area contributed by atoms with Gasteiger partial charge in [0.2, 0.25) is 5.91 Å². The van der Waals surface area contributed by atoms with Crippen molar-refractivity contribution in [3.63, 3.8) is 0 Å². The summed E-state index contributed by atoms with van der Waals surface area (Å²) in [5, 5.41) is 5.37. The summed E-state index contributed by atoms with van der Waals surface area (Å²) in [6.45, 7) is 3.17. The van der Waals surface area contributed by atoms with Crippen LogP contribution in [0.15, 0.2) is 60.7 Å². The Balaban J connectivity index is 1.61. The number of nitrogens with zero attached hydrogens (tertiary/aromatic N) is 1. The Bertz CT molecular complexity index is 707. The van der Waals surface area contributed by atoms with Gasteiger partial charge in [0.1, 0.15) is 12.6 Å². The molecule has 0 aliphatic heterocycles. The van der Waals surface area contributed by atoms with E-state index < -0.39 is 12.1 Å². The Morgan fingerprint density at radius 1 is 1.04 bits per heavy atom. The zero-order chi connectivity index (χ0) is 19.5. The number of hydrogen-bond donors (Lipinski definition) is 2. The van der Waals surface area contributed by atoms with Crippen LogP contribution in [0.25, 0.3) is 0 Å². The number of para-hydroxylation sites is 1. The fourth-order valence-electron chi connectivity index (χ4n) is 2.50. The number of alkyl carbamates (subject to hydrolysis) is 1. The van der Waals surface area contributed by atoms with Crippen LogP contribution >= 0.6 is 0 Å². The second kappa shape index (κ2) is 10.9. The molecule has 1 atom stereocenters. The molecule has 144 valence electrons. The van der Waals surface area contributed by atoms with Crippen LogP contribution in [0, 0.1) is 0 Å². The van der Waals surface area contributed by atoms with Crippen molar-refractivity contribution in [1.29, 1.82) is 0 Å². The molecule has 0 fully saturated rings. The second-order valence-corrected chi connectivity index (χ2v) is 6.33. The normalized spacial score (nSPS) is 11.3. The summed E-state index contributed by atoms with van der Waals surface area (Å²) in [5.41, 5.74) is 2.03. The van der Waals surface area contributed by atoms with Crippen molar-refractivity contribution in [2.75, 3.05) is 25.0 Å². The minimum absolute atomic E-state index is 0.173. The van der Waals surface area contributed by atoms with Gasteiger partial charge in [0.15, 0.2) is 0 Å². The van der Waals surface area contributed by atoms with E-state index in [1.165, 1.54) is 0 Å². The van der Waals surface area contributed by atoms with E-state index in [4.69, 9.17) is 4.74 Å². The van der Waals surface area contributed by atoms with Gasteiger partial charge in [0.05, 0.1) is 0 Å². The average Bonchev–Trinajstić information content (AvgIpc) is 2.70. The number of hydrogen-bond acceptors (Lipinski definition) is 4. The first-order valence-electron chi connectivity index (χ1n) is 9.07. The van der Waals surface area contributed by atoms with E-state index in [2.05, 4.69) is 15.5 Å². The van der Waals surface area contributed by atoms with Crippen LogP contribution < -0.4 is 15.5 Å². The molecule has 0 heterocycles. The molecule has 6 heteroatoms. The van der Waals surface area contributed by atoms with Crippen LogP contribution in [0.4, 0.5) is 10.5 Å². The van der Waals surface area contributed by atoms with Crippen LogP contribution in [-0.4, -0.2) is 38.2 Å². The van der Waals surface area contributed by atoms with Gasteiger partial charge in [-0.2, -0.15) is 0 Å². The van der Waals surface area contributed by atoms with Gasteiger partial charge in [-0.15, -0.1) is 0 Å². The van der Waals surface area contributed by atoms with E-state index in [-0.39, 0.29) is 12.5 Å². The van der Waals surface area contributed by atoms with Crippen molar-refractivity contribution in [2.24, 2.45) is 0 Å². The number of rotatable bonds is 9. The van der Waals surface area contributed by atoms with Crippen molar-refractivity contribution in [1.82, 2.24) is 10.6 Å². The van der Waals surface area contributed by atoms with Gasteiger partial charge < -0.3 is 20.3 Å². The van der Waals surface area contributed by atoms with Gasteiger partial charge in [-0.3, -0.25) is 4.79 Å². The molecule has 6 nitrogen and oxygen atoms in total. The summed E-state index contributed by atoms with van der Waals surface area (Å²) in [6.07, 6.45) is 0.202. The predicted molar refractivity (Wildman–Crippen MR) is 107 cm³/mol. The summed E-state index contributed by atoms with van der Waals surface area (Å²) < 4.78 is 5.12. The van der Waals surface area contributed by atoms with Crippen LogP contribution in [0.1, 0.15) is 18.9 Å². The summed E-state index contributed by atoms with van der Waals surface area (Å²) >= 11 is 0. The molecule has 0 saturated carbocycles. The van der Waals surface area contributed by atoms with Crippen molar-refractivity contribution < 1.29 is 14.3 Å². The van der Waals surface area contributed by atoms with Crippen molar-refractivity contribution in [3.8, 4) is 0 Å². The fourth-order valence-corrected chi connectivity index (χ4v) is 2.50. The maximum absolute atomic E-state index is 12.1. The Kier molecular flexibility index (Phi) is 8.16. The number of carbonyl (C=O) groups excluding carboxylic acids is 2. The van der Waals surface area contributed by atoms with Gasteiger partial charge in [0, 0.05) is 25.8 Å². The molecule has 0 aliphatic rings. The van der Waals surface area contributed by atoms with Gasteiger partial charge in [0.25, 0.3) is 0 Å². The number of ether oxygens (including phenoxy) is 1. The molecule has 27 heavy (non-hydrogen) atoms. The van der Waals surface area contributed by atoms with E-state index in [0.717, 1.165) is 24.2 Å². The maximum atomic E-state index is 12.1. The maximum Gasteiger partial charge on any atom is 0.408 e. The molecule has 0 aromatic heterocycles. The Hall–Kier alpha value is -3.02. The number of carbonyl (C=O) groups is 2. The molecule has 2 N–H and O–H groups in total. The number of amides is 2. The molecule has 2 aromatic rings. The molecule has 0 spiro atoms. The second-order valence-electron chi connectivity index (χ2n) is 6.33. The zero-order valence-electron chi connectivity index (χ0n) is 15.9. The lowest BCUT2D eigenvalue weighted by Gasteiger charge is -2.19. The quantitative estimate of drug-likeness (QED) is 0.667. The SMILES string of the molecule is C[C@H](NC(=O)OCc1ccccc1)C(=O)NCCCN(C)c1ccccc1. The first-order valence-corrected chi connectivity index (χ1v) is 9.07. The van der Waals surface area contributed by atoms with E-state index in [1.54, 1.807) is 6.92 Å². The first kappa shape index (κ1) is 20.3. The summed E-state index contributed by atoms with van der Waals surface area (Å²) in [7, 11) is 2.02. The lowest BCUT2D eigenvalue weighted by Crippen LogP contribution is -2.45. The van der Waals surface area contributed by atoms with Crippen LogP contribution in [0.2, 0.25) is 0 Å². The van der Waals surface area contributed by atoms with Gasteiger partial charge >= 0.3 is 6.09 Å². The van der Waals surface area contributed by atoms with E-state index >= 15 is 0 Å². The molecule has 0 unspecified atom stereocenters. The van der Waals surface area contributed by atoms with E-state index in [0.29, 0.717) is 6.54 Å². The minimum Gasteiger partial charge on any atom is -0.445 e. The monoisotopic (exact) mass is 369 g/mol. The first-order chi connectivity index (χ1) is 13.1. The van der Waals surface area contributed by atoms with Crippen LogP contribution in [-0.2, 0) is 16.1 Å². The fraction of sp³-hybridized carbons (Fsp3) is 0.333. The summed E-state index contributed by atoms with van der Waals surface area (Å²) in [5.74, 6) is -0.228. The molecule has 2 rings (SSSR count). The lowest BCUT2D eigenvalue weighted by atomic mass is 10.2. The third kappa shape index (κ3) is 7.40. The van der Waals surface area contributed by atoms with Crippen LogP contribution in [0.5, 0.6) is 0 Å². The van der Waals surface area contributed by atoms with Crippen molar-refractivity contribution in [3.05, 3.63) is 66.2 Å². The standard InChI is InChI=1S/C21H27N3O3/c1-17(23-21(26)27-16-18-10-5-3-6-11-18)20(25)22-14-9-15-24(2)19-12-7-4-8-13-19/h3-8,10-13,17H,9,14-16H2,1-2H3,(H,22,25)(H,23,26)/t17-/m0/s1. The molecular formula is C21H27N3O3. The van der Waals surface area contributed by atoms with E-state index in [1.807, 2.05) is 67.7 Å². The molecule has 0 saturated heterocycles. The molecule has 0 aliphatic carbocycles. The average molecular weight is 369 g/mol. The molecule has 2 amide bonds. The largest absolute Gasteiger partial charge is 0.445 e. The highest BCUT2D eigenvalue weighted by molar-refractivity contribution is 5.85. The summed E-state index contributed by atoms with van der Waals surface area (Å²) in [6, 6.07) is 18.8. The van der Waals surface area contributed by atoms with Crippen molar-refractivity contribution in [2.45, 2.75) is 26.0 Å². The smallest absolute Gasteiger partial charge is 0.408 e. The third-order valence-corrected chi connectivity index (χ3v) is 4.11. The van der Waals surface area contributed by atoms with Gasteiger partial charge in [-0.25, -0.2) is 4.79 Å². The predicted octanol–water partition coefficient (Wildman–Crippen LogP) is 2.94. The van der Waals surface area contributed by atoms with Crippen molar-refractivity contribution >= 4 is 17.7 Å². The Labute approximate surface area is 160 Å². The van der Waals surface area contributed by atoms with Gasteiger partial charge in [-0.1, -0.05) is 48.5 Å². The van der Waals surface area contributed by atoms with Gasteiger partial charge in [-0.05, 0) is 31.0 Å². The Morgan fingerprint density at radius 3 is 2.33 bits per heavy atom. The molecule has 2 aromatic carbocycles. The number of anilines is 1. The number of nitrogens with one attached hydrogen (secondary N) is 2. The molecular weight excluding hydrogens is 342 g/mol. The zero-order valence-corrected chi connectivity index (χ0v) is 15.9. The number of benzene rings is 2. The minimum atomic E-state index is -0.653. The van der Waals surface area contributed by atoms with E-state index in [9.17, 15) is 9.59 Å². The highest BCUT2D eigenvalue weighted by Gasteiger charge is 2.15. The third-order valence-electron chi connectivity index (χ3n) is 4.11. The highest BCUT2D eigenvalue weighted by atomic mass is 16.5. The highest BCUT2D eigenvalue weighted by Crippen LogP contribution is 2.10.